The minimum Gasteiger partial charge on any atom is -0.455 e. The summed E-state index contributed by atoms with van der Waals surface area (Å²) in [5.41, 5.74) is 1.75. The lowest BCUT2D eigenvalue weighted by molar-refractivity contribution is -0.152. The standard InChI is InChI=1S/C24H25F5IN3O3/c1-3-6-14-8-5-10-31-33(12-15-7-4-9-16(25)19(15)26)23(35)18(20(14)30)22(34)32-17-11-13(2)36-21(17)24(27,28)29/h4,7,9,11,14,31H,3,5-6,8,10,12H2,1-2H3,(H,32,34)/t14-/m0/s1. The monoisotopic (exact) mass is 625 g/mol. The van der Waals surface area contributed by atoms with E-state index in [1.807, 2.05) is 29.5 Å². The van der Waals surface area contributed by atoms with Crippen molar-refractivity contribution in [3.63, 3.8) is 0 Å². The SMILES string of the molecule is CCC[C@H]1CCCNN(Cc2cccc(F)c2F)C(=O)C(C(=O)Nc2cc(C)oc2C(F)(F)F)=C1I. The molecule has 1 aliphatic heterocycles. The average molecular weight is 625 g/mol. The molecule has 2 amide bonds. The maximum Gasteiger partial charge on any atom is 0.451 e. The number of amides is 2. The van der Waals surface area contributed by atoms with Crippen LogP contribution in [0.3, 0.4) is 0 Å². The zero-order valence-corrected chi connectivity index (χ0v) is 21.7. The van der Waals surface area contributed by atoms with Crippen molar-refractivity contribution in [2.24, 2.45) is 5.92 Å². The molecule has 1 aromatic heterocycles. The third-order valence-corrected chi connectivity index (χ3v) is 7.09. The molecule has 0 spiro atoms. The summed E-state index contributed by atoms with van der Waals surface area (Å²) in [5, 5.41) is 3.17. The topological polar surface area (TPSA) is 74.6 Å². The maximum atomic E-state index is 14.3. The molecule has 3 rings (SSSR count). The smallest absolute Gasteiger partial charge is 0.451 e. The molecule has 0 saturated heterocycles. The molecule has 12 heteroatoms. The Balaban J connectivity index is 2.03. The first-order chi connectivity index (χ1) is 16.9. The van der Waals surface area contributed by atoms with Crippen LogP contribution in [0.15, 0.2) is 37.8 Å². The quantitative estimate of drug-likeness (QED) is 0.226. The largest absolute Gasteiger partial charge is 0.455 e. The summed E-state index contributed by atoms with van der Waals surface area (Å²) in [6.45, 7) is 3.16. The van der Waals surface area contributed by atoms with Crippen molar-refractivity contribution in [1.29, 1.82) is 0 Å². The van der Waals surface area contributed by atoms with E-state index in [-0.39, 0.29) is 22.8 Å². The van der Waals surface area contributed by atoms with Crippen molar-refractivity contribution in [3.8, 4) is 0 Å². The Morgan fingerprint density at radius 2 is 2.03 bits per heavy atom. The molecule has 196 valence electrons. The van der Waals surface area contributed by atoms with Gasteiger partial charge in [-0.2, -0.15) is 13.2 Å². The normalized spacial score (nSPS) is 17.6. The number of rotatable bonds is 6. The van der Waals surface area contributed by atoms with Crippen molar-refractivity contribution in [3.05, 3.63) is 62.1 Å². The van der Waals surface area contributed by atoms with Gasteiger partial charge in [-0.1, -0.05) is 25.5 Å². The van der Waals surface area contributed by atoms with Crippen LogP contribution in [0.2, 0.25) is 0 Å². The Kier molecular flexibility index (Phi) is 9.14. The summed E-state index contributed by atoms with van der Waals surface area (Å²) in [5.74, 6) is -5.78. The highest BCUT2D eigenvalue weighted by atomic mass is 127. The molecule has 2 heterocycles. The second-order valence-electron chi connectivity index (χ2n) is 8.41. The molecule has 0 aliphatic carbocycles. The molecule has 2 N–H and O–H groups in total. The summed E-state index contributed by atoms with van der Waals surface area (Å²) in [6.07, 6.45) is -2.23. The number of hydrogen-bond acceptors (Lipinski definition) is 4. The van der Waals surface area contributed by atoms with Crippen LogP contribution < -0.4 is 10.7 Å². The molecule has 0 bridgehead atoms. The summed E-state index contributed by atoms with van der Waals surface area (Å²) >= 11 is 1.88. The van der Waals surface area contributed by atoms with Gasteiger partial charge < -0.3 is 9.73 Å². The van der Waals surface area contributed by atoms with Crippen LogP contribution in [0.4, 0.5) is 27.6 Å². The fourth-order valence-electron chi connectivity index (χ4n) is 4.00. The first-order valence-electron chi connectivity index (χ1n) is 11.3. The maximum absolute atomic E-state index is 14.3. The number of furan rings is 1. The predicted molar refractivity (Wildman–Crippen MR) is 131 cm³/mol. The highest BCUT2D eigenvalue weighted by molar-refractivity contribution is 14.1. The number of halogens is 6. The number of benzene rings is 1. The molecule has 1 aromatic carbocycles. The second kappa shape index (κ2) is 11.7. The van der Waals surface area contributed by atoms with E-state index in [1.54, 1.807) is 0 Å². The van der Waals surface area contributed by atoms with Crippen LogP contribution in [0.1, 0.15) is 49.7 Å². The van der Waals surface area contributed by atoms with E-state index in [0.717, 1.165) is 23.6 Å². The van der Waals surface area contributed by atoms with Gasteiger partial charge in [0.2, 0.25) is 5.76 Å². The van der Waals surface area contributed by atoms with Crippen LogP contribution in [0.5, 0.6) is 0 Å². The summed E-state index contributed by atoms with van der Waals surface area (Å²) in [6, 6.07) is 4.56. The minimum absolute atomic E-state index is 0.0733. The molecule has 0 radical (unpaired) electrons. The molecule has 1 atom stereocenters. The number of alkyl halides is 3. The van der Waals surface area contributed by atoms with Gasteiger partial charge in [0.1, 0.15) is 11.3 Å². The number of nitrogens with zero attached hydrogens (tertiary/aromatic N) is 1. The van der Waals surface area contributed by atoms with Gasteiger partial charge in [-0.25, -0.2) is 14.2 Å². The number of allylic oxidation sites excluding steroid dienone is 1. The summed E-state index contributed by atoms with van der Waals surface area (Å²) < 4.78 is 73.4. The number of anilines is 1. The van der Waals surface area contributed by atoms with Crippen molar-refractivity contribution >= 4 is 40.1 Å². The van der Waals surface area contributed by atoms with Gasteiger partial charge in [0.05, 0.1) is 12.2 Å². The van der Waals surface area contributed by atoms with Gasteiger partial charge in [0, 0.05) is 21.8 Å². The van der Waals surface area contributed by atoms with Gasteiger partial charge in [-0.3, -0.25) is 14.6 Å². The molecule has 0 fully saturated rings. The van der Waals surface area contributed by atoms with E-state index < -0.39 is 47.6 Å². The van der Waals surface area contributed by atoms with Gasteiger partial charge in [0.25, 0.3) is 11.8 Å². The number of aryl methyl sites for hydroxylation is 1. The van der Waals surface area contributed by atoms with Crippen molar-refractivity contribution < 1.29 is 36.0 Å². The van der Waals surface area contributed by atoms with E-state index in [9.17, 15) is 31.5 Å². The highest BCUT2D eigenvalue weighted by Crippen LogP contribution is 2.38. The minimum atomic E-state index is -4.87. The Hall–Kier alpha value is -2.48. The Bertz CT molecular complexity index is 1160. The van der Waals surface area contributed by atoms with Crippen molar-refractivity contribution in [2.75, 3.05) is 11.9 Å². The van der Waals surface area contributed by atoms with Crippen LogP contribution >= 0.6 is 22.6 Å². The van der Waals surface area contributed by atoms with Crippen LogP contribution in [0, 0.1) is 24.5 Å². The molecule has 36 heavy (non-hydrogen) atoms. The lowest BCUT2D eigenvalue weighted by Gasteiger charge is -2.25. The summed E-state index contributed by atoms with van der Waals surface area (Å²) in [4.78, 5) is 26.9. The number of nitrogens with one attached hydrogen (secondary N) is 2. The lowest BCUT2D eigenvalue weighted by Crippen LogP contribution is -2.45. The molecule has 0 unspecified atom stereocenters. The summed E-state index contributed by atoms with van der Waals surface area (Å²) in [7, 11) is 0. The van der Waals surface area contributed by atoms with Gasteiger partial charge in [0.15, 0.2) is 11.6 Å². The third kappa shape index (κ3) is 6.44. The van der Waals surface area contributed by atoms with Crippen LogP contribution in [-0.4, -0.2) is 23.4 Å². The zero-order chi connectivity index (χ0) is 26.6. The highest BCUT2D eigenvalue weighted by Gasteiger charge is 2.40. The van der Waals surface area contributed by atoms with Gasteiger partial charge >= 0.3 is 6.18 Å². The third-order valence-electron chi connectivity index (χ3n) is 5.67. The number of hydrogen-bond donors (Lipinski definition) is 2. The first kappa shape index (κ1) is 28.1. The molecule has 2 aromatic rings. The Labute approximate surface area is 218 Å². The van der Waals surface area contributed by atoms with Gasteiger partial charge in [-0.15, -0.1) is 0 Å². The number of carbonyl (C=O) groups excluding carboxylic acids is 2. The molecular formula is C24H25F5IN3O3. The predicted octanol–water partition coefficient (Wildman–Crippen LogP) is 6.26. The molecular weight excluding hydrogens is 600 g/mol. The van der Waals surface area contributed by atoms with E-state index in [1.165, 1.54) is 19.1 Å². The first-order valence-corrected chi connectivity index (χ1v) is 12.4. The van der Waals surface area contributed by atoms with Crippen LogP contribution in [-0.2, 0) is 22.3 Å². The average Bonchev–Trinajstić information content (AvgIpc) is 3.19. The Morgan fingerprint density at radius 3 is 2.69 bits per heavy atom. The number of hydrazine groups is 1. The zero-order valence-electron chi connectivity index (χ0n) is 19.6. The van der Waals surface area contributed by atoms with E-state index in [0.29, 0.717) is 29.4 Å². The molecule has 6 nitrogen and oxygen atoms in total. The lowest BCUT2D eigenvalue weighted by atomic mass is 9.94. The van der Waals surface area contributed by atoms with Crippen molar-refractivity contribution in [1.82, 2.24) is 10.4 Å². The fourth-order valence-corrected chi connectivity index (χ4v) is 5.10. The second-order valence-corrected chi connectivity index (χ2v) is 9.58. The van der Waals surface area contributed by atoms with Crippen molar-refractivity contribution in [2.45, 2.75) is 52.3 Å². The molecule has 1 aliphatic rings. The fraction of sp³-hybridized carbons (Fsp3) is 0.417. The van der Waals surface area contributed by atoms with E-state index in [4.69, 9.17) is 4.42 Å². The van der Waals surface area contributed by atoms with E-state index in [2.05, 4.69) is 10.7 Å². The Morgan fingerprint density at radius 1 is 1.31 bits per heavy atom. The molecule has 0 saturated carbocycles. The van der Waals surface area contributed by atoms with E-state index >= 15 is 0 Å². The van der Waals surface area contributed by atoms with Crippen LogP contribution in [0.25, 0.3) is 0 Å². The van der Waals surface area contributed by atoms with Gasteiger partial charge in [-0.05, 0) is 60.8 Å². The number of carbonyl (C=O) groups is 2.